The molecule has 0 unspecified atom stereocenters. The second kappa shape index (κ2) is 6.03. The molecule has 0 atom stereocenters. The van der Waals surface area contributed by atoms with Gasteiger partial charge in [-0.25, -0.2) is 4.90 Å². The summed E-state index contributed by atoms with van der Waals surface area (Å²) in [6.45, 7) is 0. The number of methoxy groups -OCH3 is 1. The number of rotatable bonds is 3. The van der Waals surface area contributed by atoms with Crippen LogP contribution in [0.15, 0.2) is 53.7 Å². The number of pyridine rings is 1. The summed E-state index contributed by atoms with van der Waals surface area (Å²) in [5, 5.41) is -0.315. The lowest BCUT2D eigenvalue weighted by atomic mass is 10.2. The Balaban J connectivity index is 1.89. The second-order valence-electron chi connectivity index (χ2n) is 4.50. The molecule has 0 aliphatic carbocycles. The molecule has 0 radical (unpaired) electrons. The molecule has 0 bridgehead atoms. The van der Waals surface area contributed by atoms with Crippen molar-refractivity contribution in [3.05, 3.63) is 59.3 Å². The number of hydrogen-bond donors (Lipinski definition) is 0. The third-order valence-corrected chi connectivity index (χ3v) is 3.98. The predicted molar refractivity (Wildman–Crippen MR) is 85.7 cm³/mol. The highest BCUT2D eigenvalue weighted by Crippen LogP contribution is 2.36. The van der Waals surface area contributed by atoms with Crippen LogP contribution in [0.25, 0.3) is 6.08 Å². The zero-order chi connectivity index (χ0) is 15.5. The van der Waals surface area contributed by atoms with Crippen molar-refractivity contribution in [3.8, 4) is 5.75 Å². The highest BCUT2D eigenvalue weighted by molar-refractivity contribution is 8.19. The Bertz CT molecular complexity index is 742. The lowest BCUT2D eigenvalue weighted by Crippen LogP contribution is -2.27. The number of anilines is 1. The minimum Gasteiger partial charge on any atom is -0.497 e. The molecule has 110 valence electrons. The number of hydrogen-bond acceptors (Lipinski definition) is 5. The van der Waals surface area contributed by atoms with Gasteiger partial charge in [0.2, 0.25) is 0 Å². The van der Waals surface area contributed by atoms with Gasteiger partial charge in [-0.2, -0.15) is 0 Å². The van der Waals surface area contributed by atoms with Crippen LogP contribution in [-0.2, 0) is 4.79 Å². The first-order chi connectivity index (χ1) is 10.7. The van der Waals surface area contributed by atoms with Crippen LogP contribution in [-0.4, -0.2) is 23.2 Å². The molecule has 2 heterocycles. The van der Waals surface area contributed by atoms with Gasteiger partial charge >= 0.3 is 0 Å². The summed E-state index contributed by atoms with van der Waals surface area (Å²) in [6, 6.07) is 10.4. The quantitative estimate of drug-likeness (QED) is 0.814. The van der Waals surface area contributed by atoms with Crippen LogP contribution in [0.5, 0.6) is 5.75 Å². The van der Waals surface area contributed by atoms with Crippen molar-refractivity contribution >= 4 is 34.7 Å². The molecule has 0 N–H and O–H groups in total. The van der Waals surface area contributed by atoms with E-state index in [2.05, 4.69) is 4.98 Å². The lowest BCUT2D eigenvalue weighted by molar-refractivity contribution is -0.113. The molecule has 2 amide bonds. The molecule has 1 aromatic carbocycles. The van der Waals surface area contributed by atoms with Crippen LogP contribution in [0, 0.1) is 0 Å². The van der Waals surface area contributed by atoms with Crippen molar-refractivity contribution in [2.45, 2.75) is 0 Å². The zero-order valence-electron chi connectivity index (χ0n) is 11.7. The van der Waals surface area contributed by atoms with Crippen molar-refractivity contribution in [2.24, 2.45) is 0 Å². The molecule has 0 saturated carbocycles. The van der Waals surface area contributed by atoms with E-state index in [1.165, 1.54) is 0 Å². The standard InChI is InChI=1S/C16H12N2O3S/c1-21-13-6-4-12(5-7-13)18-15(19)14(22-16(18)20)9-11-3-2-8-17-10-11/h2-10H,1H3/b14-9-. The molecular weight excluding hydrogens is 300 g/mol. The fourth-order valence-electron chi connectivity index (χ4n) is 2.03. The second-order valence-corrected chi connectivity index (χ2v) is 5.49. The summed E-state index contributed by atoms with van der Waals surface area (Å²) in [7, 11) is 1.56. The number of thioether (sulfide) groups is 1. The molecule has 0 spiro atoms. The van der Waals surface area contributed by atoms with Crippen LogP contribution >= 0.6 is 11.8 Å². The van der Waals surface area contributed by atoms with E-state index in [1.54, 1.807) is 55.9 Å². The van der Waals surface area contributed by atoms with Crippen molar-refractivity contribution in [2.75, 3.05) is 12.0 Å². The van der Waals surface area contributed by atoms with Gasteiger partial charge in [0.05, 0.1) is 17.7 Å². The lowest BCUT2D eigenvalue weighted by Gasteiger charge is -2.12. The molecule has 1 aliphatic heterocycles. The number of benzene rings is 1. The normalized spacial score (nSPS) is 16.4. The van der Waals surface area contributed by atoms with Crippen LogP contribution in [0.1, 0.15) is 5.56 Å². The summed E-state index contributed by atoms with van der Waals surface area (Å²) < 4.78 is 5.07. The van der Waals surface area contributed by atoms with Crippen molar-refractivity contribution in [1.29, 1.82) is 0 Å². The van der Waals surface area contributed by atoms with Crippen LogP contribution < -0.4 is 9.64 Å². The molecule has 2 aromatic rings. The molecule has 1 aliphatic rings. The van der Waals surface area contributed by atoms with E-state index in [0.29, 0.717) is 16.3 Å². The third kappa shape index (κ3) is 2.73. The Hall–Kier alpha value is -2.60. The highest BCUT2D eigenvalue weighted by Gasteiger charge is 2.36. The first kappa shape index (κ1) is 14.3. The summed E-state index contributed by atoms with van der Waals surface area (Å²) in [5.74, 6) is 0.339. The highest BCUT2D eigenvalue weighted by atomic mass is 32.2. The van der Waals surface area contributed by atoms with Crippen LogP contribution in [0.2, 0.25) is 0 Å². The van der Waals surface area contributed by atoms with Crippen LogP contribution in [0.4, 0.5) is 10.5 Å². The summed E-state index contributed by atoms with van der Waals surface area (Å²) in [5.41, 5.74) is 1.31. The Kier molecular flexibility index (Phi) is 3.93. The van der Waals surface area contributed by atoms with Gasteiger partial charge < -0.3 is 4.74 Å². The first-order valence-corrected chi connectivity index (χ1v) is 7.33. The van der Waals surface area contributed by atoms with Crippen LogP contribution in [0.3, 0.4) is 0 Å². The van der Waals surface area contributed by atoms with Gasteiger partial charge in [-0.3, -0.25) is 14.6 Å². The average Bonchev–Trinajstić information content (AvgIpc) is 2.82. The molecule has 3 rings (SSSR count). The van der Waals surface area contributed by atoms with E-state index in [-0.39, 0.29) is 11.1 Å². The summed E-state index contributed by atoms with van der Waals surface area (Å²) in [6.07, 6.45) is 4.96. The van der Waals surface area contributed by atoms with Gasteiger partial charge in [0.15, 0.2) is 0 Å². The molecular formula is C16H12N2O3S. The molecule has 22 heavy (non-hydrogen) atoms. The minimum absolute atomic E-state index is 0.315. The monoisotopic (exact) mass is 312 g/mol. The van der Waals surface area contributed by atoms with E-state index in [4.69, 9.17) is 4.74 Å². The van der Waals surface area contributed by atoms with Gasteiger partial charge in [-0.15, -0.1) is 0 Å². The van der Waals surface area contributed by atoms with E-state index >= 15 is 0 Å². The first-order valence-electron chi connectivity index (χ1n) is 6.51. The maximum absolute atomic E-state index is 12.4. The number of nitrogens with zero attached hydrogens (tertiary/aromatic N) is 2. The Morgan fingerprint density at radius 3 is 2.59 bits per heavy atom. The number of ether oxygens (including phenoxy) is 1. The van der Waals surface area contributed by atoms with Gasteiger partial charge in [0.25, 0.3) is 11.1 Å². The Morgan fingerprint density at radius 2 is 1.95 bits per heavy atom. The minimum atomic E-state index is -0.330. The topological polar surface area (TPSA) is 59.5 Å². The fraction of sp³-hybridized carbons (Fsp3) is 0.0625. The number of imide groups is 1. The number of aromatic nitrogens is 1. The van der Waals surface area contributed by atoms with Gasteiger partial charge in [0, 0.05) is 12.4 Å². The Morgan fingerprint density at radius 1 is 1.18 bits per heavy atom. The van der Waals surface area contributed by atoms with Gasteiger partial charge in [0.1, 0.15) is 5.75 Å². The smallest absolute Gasteiger partial charge is 0.298 e. The molecule has 6 heteroatoms. The van der Waals surface area contributed by atoms with E-state index < -0.39 is 0 Å². The Labute approximate surface area is 131 Å². The maximum Gasteiger partial charge on any atom is 0.298 e. The molecule has 1 aromatic heterocycles. The zero-order valence-corrected chi connectivity index (χ0v) is 12.5. The van der Waals surface area contributed by atoms with Gasteiger partial charge in [-0.05, 0) is 53.7 Å². The van der Waals surface area contributed by atoms with Crippen molar-refractivity contribution < 1.29 is 14.3 Å². The number of amides is 2. The number of carbonyl (C=O) groups excluding carboxylic acids is 2. The summed E-state index contributed by atoms with van der Waals surface area (Å²) in [4.78, 5) is 30.1. The fourth-order valence-corrected chi connectivity index (χ4v) is 2.88. The predicted octanol–water partition coefficient (Wildman–Crippen LogP) is 3.33. The average molecular weight is 312 g/mol. The molecule has 1 saturated heterocycles. The van der Waals surface area contributed by atoms with Gasteiger partial charge in [-0.1, -0.05) is 6.07 Å². The molecule has 1 fully saturated rings. The SMILES string of the molecule is COc1ccc(N2C(=O)S/C(=C\c3cccnc3)C2=O)cc1. The largest absolute Gasteiger partial charge is 0.497 e. The van der Waals surface area contributed by atoms with E-state index in [9.17, 15) is 9.59 Å². The van der Waals surface area contributed by atoms with E-state index in [1.807, 2.05) is 6.07 Å². The maximum atomic E-state index is 12.4. The van der Waals surface area contributed by atoms with E-state index in [0.717, 1.165) is 22.2 Å². The third-order valence-electron chi connectivity index (χ3n) is 3.11. The van der Waals surface area contributed by atoms with Crippen molar-refractivity contribution in [1.82, 2.24) is 4.98 Å². The van der Waals surface area contributed by atoms with Crippen molar-refractivity contribution in [3.63, 3.8) is 0 Å². The number of carbonyl (C=O) groups is 2. The molecule has 5 nitrogen and oxygen atoms in total. The summed E-state index contributed by atoms with van der Waals surface area (Å²) >= 11 is 0.921.